The van der Waals surface area contributed by atoms with Crippen molar-refractivity contribution in [3.05, 3.63) is 33.3 Å². The molecule has 0 saturated carbocycles. The fourth-order valence-corrected chi connectivity index (χ4v) is 1.31. The molecule has 1 unspecified atom stereocenters. The zero-order valence-electron chi connectivity index (χ0n) is 8.53. The normalized spacial score (nSPS) is 10.2. The van der Waals surface area contributed by atoms with Crippen LogP contribution < -0.4 is 29.6 Å². The third kappa shape index (κ3) is 6.71. The van der Waals surface area contributed by atoms with E-state index in [1.165, 1.54) is 12.1 Å². The molecule has 0 aliphatic heterocycles. The van der Waals surface area contributed by atoms with Crippen molar-refractivity contribution in [3.63, 3.8) is 0 Å². The van der Waals surface area contributed by atoms with E-state index in [2.05, 4.69) is 0 Å². The maximum Gasteiger partial charge on any atom is 1.00 e. The molecule has 0 fully saturated rings. The first-order valence-electron chi connectivity index (χ1n) is 3.55. The zero-order valence-corrected chi connectivity index (χ0v) is 12.1. The average molecular weight is 290 g/mol. The monoisotopic (exact) mass is 289 g/mol. The molecule has 0 radical (unpaired) electrons. The van der Waals surface area contributed by atoms with Crippen molar-refractivity contribution in [2.24, 2.45) is 0 Å². The van der Waals surface area contributed by atoms with Gasteiger partial charge in [0.2, 0.25) is 0 Å². The van der Waals surface area contributed by atoms with Crippen LogP contribution in [0.4, 0.5) is 5.69 Å². The van der Waals surface area contributed by atoms with Crippen molar-refractivity contribution in [2.45, 2.75) is 4.90 Å². The van der Waals surface area contributed by atoms with Gasteiger partial charge in [-0.2, -0.15) is 0 Å². The van der Waals surface area contributed by atoms with Crippen LogP contribution in [0.1, 0.15) is 0 Å². The van der Waals surface area contributed by atoms with Crippen LogP contribution in [-0.4, -0.2) is 25.3 Å². The van der Waals surface area contributed by atoms with Gasteiger partial charge in [0.25, 0.3) is 12.2 Å². The van der Waals surface area contributed by atoms with Gasteiger partial charge in [0.05, 0.1) is 4.92 Å². The predicted octanol–water partition coefficient (Wildman–Crippen LogP) is -1.81. The van der Waals surface area contributed by atoms with Crippen molar-refractivity contribution in [1.82, 2.24) is 0 Å². The van der Waals surface area contributed by atoms with Crippen LogP contribution in [0.15, 0.2) is 23.1 Å². The molecular formula is C7H5ClNNaO6S. The first kappa shape index (κ1) is 18.8. The number of nitro groups is 1. The van der Waals surface area contributed by atoms with E-state index in [0.29, 0.717) is 0 Å². The summed E-state index contributed by atoms with van der Waals surface area (Å²) in [5.74, 6) is 0. The fraction of sp³-hybridized carbons (Fsp3) is 0. The Morgan fingerprint density at radius 2 is 1.94 bits per heavy atom. The Morgan fingerprint density at radius 1 is 1.47 bits per heavy atom. The molecule has 0 aliphatic rings. The van der Waals surface area contributed by atoms with Crippen molar-refractivity contribution in [2.75, 3.05) is 0 Å². The molecule has 0 heterocycles. The number of benzene rings is 1. The van der Waals surface area contributed by atoms with Gasteiger partial charge in [0, 0.05) is 11.0 Å². The first-order valence-corrected chi connectivity index (χ1v) is 5.00. The molecule has 1 N–H and O–H groups in total. The third-order valence-corrected chi connectivity index (χ3v) is 2.27. The van der Waals surface area contributed by atoms with Gasteiger partial charge in [-0.1, -0.05) is 11.6 Å². The molecule has 1 aromatic rings. The Kier molecular flexibility index (Phi) is 10.5. The minimum Gasteiger partial charge on any atom is -0.768 e. The zero-order chi connectivity index (χ0) is 12.7. The van der Waals surface area contributed by atoms with Crippen molar-refractivity contribution in [1.29, 1.82) is 0 Å². The van der Waals surface area contributed by atoms with Crippen molar-refractivity contribution < 1.29 is 53.1 Å². The SMILES string of the molecule is O=CO.O=[N+]([O-])c1cc(S(=O)[O-])ccc1Cl.[Na+]. The van der Waals surface area contributed by atoms with E-state index in [0.717, 1.165) is 6.07 Å². The average Bonchev–Trinajstić information content (AvgIpc) is 2.18. The van der Waals surface area contributed by atoms with Gasteiger partial charge < -0.3 is 9.66 Å². The Hall–Kier alpha value is -0.510. The summed E-state index contributed by atoms with van der Waals surface area (Å²) in [5, 5.41) is 17.1. The summed E-state index contributed by atoms with van der Waals surface area (Å²) in [7, 11) is 0. The van der Waals surface area contributed by atoms with Crippen LogP contribution >= 0.6 is 11.6 Å². The molecule has 88 valence electrons. The van der Waals surface area contributed by atoms with Gasteiger partial charge >= 0.3 is 29.6 Å². The predicted molar refractivity (Wildman–Crippen MR) is 54.0 cm³/mol. The minimum absolute atomic E-state index is 0. The number of nitrogens with zero attached hydrogens (tertiary/aromatic N) is 1. The van der Waals surface area contributed by atoms with E-state index in [9.17, 15) is 18.9 Å². The quantitative estimate of drug-likeness (QED) is 0.225. The Labute approximate surface area is 126 Å². The molecular weight excluding hydrogens is 285 g/mol. The van der Waals surface area contributed by atoms with E-state index >= 15 is 0 Å². The van der Waals surface area contributed by atoms with Crippen LogP contribution in [0.3, 0.4) is 0 Å². The second kappa shape index (κ2) is 9.51. The third-order valence-electron chi connectivity index (χ3n) is 1.31. The number of carbonyl (C=O) groups is 1. The molecule has 0 amide bonds. The molecule has 0 aromatic heterocycles. The fourth-order valence-electron chi connectivity index (χ4n) is 0.736. The number of halogens is 1. The molecule has 10 heteroatoms. The van der Waals surface area contributed by atoms with Gasteiger partial charge in [-0.15, -0.1) is 0 Å². The summed E-state index contributed by atoms with van der Waals surface area (Å²) >= 11 is 2.98. The number of carboxylic acid groups (broad SMARTS) is 1. The van der Waals surface area contributed by atoms with Crippen LogP contribution in [0, 0.1) is 10.1 Å². The Bertz CT molecular complexity index is 429. The summed E-state index contributed by atoms with van der Waals surface area (Å²) in [5.41, 5.74) is -0.414. The largest absolute Gasteiger partial charge is 1.00 e. The molecule has 1 aromatic carbocycles. The van der Waals surface area contributed by atoms with Crippen LogP contribution in [-0.2, 0) is 15.9 Å². The van der Waals surface area contributed by atoms with Gasteiger partial charge in [-0.05, 0) is 23.2 Å². The maximum absolute atomic E-state index is 10.4. The van der Waals surface area contributed by atoms with E-state index in [1.807, 2.05) is 0 Å². The Morgan fingerprint density at radius 3 is 2.29 bits per heavy atom. The van der Waals surface area contributed by atoms with Crippen LogP contribution in [0.25, 0.3) is 0 Å². The smallest absolute Gasteiger partial charge is 0.768 e. The van der Waals surface area contributed by atoms with Gasteiger partial charge in [-0.3, -0.25) is 19.1 Å². The van der Waals surface area contributed by atoms with E-state index < -0.39 is 21.7 Å². The van der Waals surface area contributed by atoms with Crippen LogP contribution in [0.5, 0.6) is 0 Å². The van der Waals surface area contributed by atoms with Crippen molar-refractivity contribution >= 4 is 34.8 Å². The molecule has 17 heavy (non-hydrogen) atoms. The van der Waals surface area contributed by atoms with E-state index in [1.54, 1.807) is 0 Å². The Balaban J connectivity index is 0. The maximum atomic E-state index is 10.4. The minimum atomic E-state index is -2.48. The summed E-state index contributed by atoms with van der Waals surface area (Å²) in [4.78, 5) is 17.8. The molecule has 0 aliphatic carbocycles. The molecule has 7 nitrogen and oxygen atoms in total. The topological polar surface area (TPSA) is 121 Å². The molecule has 1 atom stereocenters. The van der Waals surface area contributed by atoms with Crippen LogP contribution in [0.2, 0.25) is 5.02 Å². The molecule has 0 bridgehead atoms. The summed E-state index contributed by atoms with van der Waals surface area (Å²) in [6.45, 7) is -0.250. The van der Waals surface area contributed by atoms with Gasteiger partial charge in [0.1, 0.15) is 5.02 Å². The van der Waals surface area contributed by atoms with E-state index in [4.69, 9.17) is 21.5 Å². The molecule has 0 saturated heterocycles. The summed E-state index contributed by atoms with van der Waals surface area (Å²) in [6.07, 6.45) is 0. The molecule has 1 rings (SSSR count). The second-order valence-electron chi connectivity index (χ2n) is 2.21. The number of hydrogen-bond donors (Lipinski definition) is 1. The first-order chi connectivity index (χ1) is 7.43. The second-order valence-corrected chi connectivity index (χ2v) is 3.56. The van der Waals surface area contributed by atoms with E-state index in [-0.39, 0.29) is 45.9 Å². The van der Waals surface area contributed by atoms with Gasteiger partial charge in [-0.25, -0.2) is 0 Å². The number of rotatable bonds is 2. The number of nitro benzene ring substituents is 1. The number of hydrogen-bond acceptors (Lipinski definition) is 5. The summed E-state index contributed by atoms with van der Waals surface area (Å²) < 4.78 is 20.8. The molecule has 0 spiro atoms. The van der Waals surface area contributed by atoms with Crippen molar-refractivity contribution in [3.8, 4) is 0 Å². The van der Waals surface area contributed by atoms with Gasteiger partial charge in [0.15, 0.2) is 0 Å². The summed E-state index contributed by atoms with van der Waals surface area (Å²) in [6, 6.07) is 3.27. The standard InChI is InChI=1S/C6H4ClNO4S.CH2O2.Na/c7-5-2-1-4(13(11)12)3-6(5)8(9)10;2-1-3;/h1-3H,(H,11,12);1H,(H,2,3);/q;;+1/p-1.